The van der Waals surface area contributed by atoms with Gasteiger partial charge in [-0.25, -0.2) is 4.79 Å². The summed E-state index contributed by atoms with van der Waals surface area (Å²) in [7, 11) is 0. The highest BCUT2D eigenvalue weighted by Gasteiger charge is 2.17. The minimum atomic E-state index is -0.259. The van der Waals surface area contributed by atoms with Crippen LogP contribution in [0.1, 0.15) is 37.7 Å². The van der Waals surface area contributed by atoms with Crippen LogP contribution in [0.15, 0.2) is 30.3 Å². The fraction of sp³-hybridized carbons (Fsp3) is 0.588. The molecular formula is C17H24O4. The lowest BCUT2D eigenvalue weighted by molar-refractivity contribution is -0.156. The van der Waals surface area contributed by atoms with Crippen molar-refractivity contribution in [3.05, 3.63) is 35.9 Å². The molecule has 0 unspecified atom stereocenters. The molecule has 0 spiro atoms. The summed E-state index contributed by atoms with van der Waals surface area (Å²) in [5.41, 5.74) is 1.13. The number of rotatable bonds is 8. The summed E-state index contributed by atoms with van der Waals surface area (Å²) in [4.78, 5) is 11.6. The van der Waals surface area contributed by atoms with E-state index >= 15 is 0 Å². The quantitative estimate of drug-likeness (QED) is 0.545. The third kappa shape index (κ3) is 6.74. The first-order chi connectivity index (χ1) is 10.3. The number of carbonyl (C=O) groups is 1. The number of hydrogen-bond acceptors (Lipinski definition) is 4. The Labute approximate surface area is 126 Å². The first-order valence-electron chi connectivity index (χ1n) is 7.73. The molecule has 4 heteroatoms. The molecule has 0 radical (unpaired) electrons. The van der Waals surface area contributed by atoms with Gasteiger partial charge in [-0.1, -0.05) is 36.8 Å². The van der Waals surface area contributed by atoms with Gasteiger partial charge in [0.2, 0.25) is 0 Å². The maximum atomic E-state index is 11.6. The van der Waals surface area contributed by atoms with Crippen LogP contribution in [0.3, 0.4) is 0 Å². The zero-order chi connectivity index (χ0) is 14.8. The van der Waals surface area contributed by atoms with E-state index in [4.69, 9.17) is 14.2 Å². The topological polar surface area (TPSA) is 44.8 Å². The highest BCUT2D eigenvalue weighted by atomic mass is 16.6. The highest BCUT2D eigenvalue weighted by molar-refractivity contribution is 5.70. The second-order valence-corrected chi connectivity index (χ2v) is 5.34. The Kier molecular flexibility index (Phi) is 7.25. The first kappa shape index (κ1) is 16.0. The lowest BCUT2D eigenvalue weighted by atomic mass is 9.98. The summed E-state index contributed by atoms with van der Waals surface area (Å²) >= 11 is 0. The standard InChI is InChI=1S/C17H24O4/c18-17(21-16-9-5-2-6-10-16)14-20-12-11-19-13-15-7-3-1-4-8-15/h1,3-4,7-8,16H,2,5-6,9-14H2. The van der Waals surface area contributed by atoms with Crippen molar-refractivity contribution in [1.29, 1.82) is 0 Å². The third-order valence-corrected chi connectivity index (χ3v) is 3.55. The average molecular weight is 292 g/mol. The zero-order valence-electron chi connectivity index (χ0n) is 12.5. The first-order valence-corrected chi connectivity index (χ1v) is 7.73. The molecule has 1 fully saturated rings. The van der Waals surface area contributed by atoms with Crippen LogP contribution in [-0.4, -0.2) is 31.9 Å². The van der Waals surface area contributed by atoms with Crippen molar-refractivity contribution in [2.75, 3.05) is 19.8 Å². The Morgan fingerprint density at radius 1 is 1.00 bits per heavy atom. The van der Waals surface area contributed by atoms with E-state index in [1.54, 1.807) is 0 Å². The third-order valence-electron chi connectivity index (χ3n) is 3.55. The van der Waals surface area contributed by atoms with Gasteiger partial charge < -0.3 is 14.2 Å². The molecule has 21 heavy (non-hydrogen) atoms. The van der Waals surface area contributed by atoms with Crippen molar-refractivity contribution in [2.45, 2.75) is 44.8 Å². The Hall–Kier alpha value is -1.39. The van der Waals surface area contributed by atoms with Crippen molar-refractivity contribution >= 4 is 5.97 Å². The SMILES string of the molecule is O=C(COCCOCc1ccccc1)OC1CCCCC1. The van der Waals surface area contributed by atoms with Gasteiger partial charge in [0.05, 0.1) is 19.8 Å². The number of benzene rings is 1. The molecule has 0 aromatic heterocycles. The fourth-order valence-electron chi connectivity index (χ4n) is 2.44. The van der Waals surface area contributed by atoms with E-state index in [9.17, 15) is 4.79 Å². The van der Waals surface area contributed by atoms with Gasteiger partial charge in [-0.2, -0.15) is 0 Å². The van der Waals surface area contributed by atoms with Gasteiger partial charge >= 0.3 is 5.97 Å². The minimum Gasteiger partial charge on any atom is -0.461 e. The van der Waals surface area contributed by atoms with Gasteiger partial charge in [-0.05, 0) is 31.2 Å². The summed E-state index contributed by atoms with van der Waals surface area (Å²) in [6.45, 7) is 1.47. The van der Waals surface area contributed by atoms with Crippen molar-refractivity contribution in [2.24, 2.45) is 0 Å². The largest absolute Gasteiger partial charge is 0.461 e. The molecule has 0 heterocycles. The molecule has 0 saturated heterocycles. The van der Waals surface area contributed by atoms with E-state index in [-0.39, 0.29) is 18.7 Å². The van der Waals surface area contributed by atoms with Gasteiger partial charge in [0.15, 0.2) is 0 Å². The molecule has 1 aliphatic carbocycles. The van der Waals surface area contributed by atoms with Gasteiger partial charge in [0.25, 0.3) is 0 Å². The molecule has 0 aliphatic heterocycles. The Balaban J connectivity index is 1.46. The monoisotopic (exact) mass is 292 g/mol. The van der Waals surface area contributed by atoms with Crippen LogP contribution in [0, 0.1) is 0 Å². The Morgan fingerprint density at radius 3 is 2.48 bits per heavy atom. The highest BCUT2D eigenvalue weighted by Crippen LogP contribution is 2.20. The van der Waals surface area contributed by atoms with Crippen LogP contribution in [0.4, 0.5) is 0 Å². The second-order valence-electron chi connectivity index (χ2n) is 5.34. The fourth-order valence-corrected chi connectivity index (χ4v) is 2.44. The summed E-state index contributed by atoms with van der Waals surface area (Å²) in [5.74, 6) is -0.259. The van der Waals surface area contributed by atoms with Gasteiger partial charge in [-0.15, -0.1) is 0 Å². The van der Waals surface area contributed by atoms with Crippen LogP contribution < -0.4 is 0 Å². The molecule has 116 valence electrons. The summed E-state index contributed by atoms with van der Waals surface area (Å²) in [5, 5.41) is 0. The van der Waals surface area contributed by atoms with E-state index in [1.807, 2.05) is 30.3 Å². The van der Waals surface area contributed by atoms with Crippen molar-refractivity contribution in [1.82, 2.24) is 0 Å². The normalized spacial score (nSPS) is 15.8. The lowest BCUT2D eigenvalue weighted by Gasteiger charge is -2.21. The lowest BCUT2D eigenvalue weighted by Crippen LogP contribution is -2.24. The van der Waals surface area contributed by atoms with E-state index < -0.39 is 0 Å². The van der Waals surface area contributed by atoms with E-state index in [2.05, 4.69) is 0 Å². The van der Waals surface area contributed by atoms with E-state index in [0.717, 1.165) is 31.2 Å². The van der Waals surface area contributed by atoms with Crippen molar-refractivity contribution in [3.63, 3.8) is 0 Å². The molecule has 0 atom stereocenters. The van der Waals surface area contributed by atoms with Crippen LogP contribution >= 0.6 is 0 Å². The molecule has 4 nitrogen and oxygen atoms in total. The molecule has 0 N–H and O–H groups in total. The molecule has 0 amide bonds. The van der Waals surface area contributed by atoms with E-state index in [1.165, 1.54) is 6.42 Å². The number of hydrogen-bond donors (Lipinski definition) is 0. The number of ether oxygens (including phenoxy) is 3. The van der Waals surface area contributed by atoms with Crippen molar-refractivity contribution in [3.8, 4) is 0 Å². The van der Waals surface area contributed by atoms with Gasteiger partial charge in [0.1, 0.15) is 12.7 Å². The van der Waals surface area contributed by atoms with Crippen LogP contribution in [0.5, 0.6) is 0 Å². The average Bonchev–Trinajstić information content (AvgIpc) is 2.53. The number of esters is 1. The molecule has 0 bridgehead atoms. The maximum Gasteiger partial charge on any atom is 0.332 e. The van der Waals surface area contributed by atoms with Crippen molar-refractivity contribution < 1.29 is 19.0 Å². The zero-order valence-corrected chi connectivity index (χ0v) is 12.5. The summed E-state index contributed by atoms with van der Waals surface area (Å²) in [6.07, 6.45) is 5.66. The van der Waals surface area contributed by atoms with Crippen LogP contribution in [0.2, 0.25) is 0 Å². The molecule has 1 aromatic carbocycles. The predicted molar refractivity (Wildman–Crippen MR) is 79.9 cm³/mol. The second kappa shape index (κ2) is 9.53. The van der Waals surface area contributed by atoms with Gasteiger partial charge in [0, 0.05) is 0 Å². The van der Waals surface area contributed by atoms with Gasteiger partial charge in [-0.3, -0.25) is 0 Å². The summed E-state index contributed by atoms with van der Waals surface area (Å²) < 4.78 is 16.1. The maximum absolute atomic E-state index is 11.6. The Morgan fingerprint density at radius 2 is 1.71 bits per heavy atom. The smallest absolute Gasteiger partial charge is 0.332 e. The Bertz CT molecular complexity index is 399. The van der Waals surface area contributed by atoms with E-state index in [0.29, 0.717) is 19.8 Å². The molecule has 2 rings (SSSR count). The molecule has 1 aliphatic rings. The van der Waals surface area contributed by atoms with Crippen LogP contribution in [0.25, 0.3) is 0 Å². The van der Waals surface area contributed by atoms with Crippen LogP contribution in [-0.2, 0) is 25.6 Å². The summed E-state index contributed by atoms with van der Waals surface area (Å²) in [6, 6.07) is 9.97. The minimum absolute atomic E-state index is 0.0190. The molecule has 1 aromatic rings. The molecule has 1 saturated carbocycles. The predicted octanol–water partition coefficient (Wildman–Crippen LogP) is 3.10. The number of carbonyl (C=O) groups excluding carboxylic acids is 1. The molecular weight excluding hydrogens is 268 g/mol.